The summed E-state index contributed by atoms with van der Waals surface area (Å²) in [4.78, 5) is 10.9. The average Bonchev–Trinajstić information content (AvgIpc) is 2.31. The molecule has 0 aliphatic carbocycles. The van der Waals surface area contributed by atoms with Crippen molar-refractivity contribution in [2.45, 2.75) is 44.4 Å². The summed E-state index contributed by atoms with van der Waals surface area (Å²) in [6.45, 7) is 6.78. The molecule has 0 spiro atoms. The molecule has 0 saturated heterocycles. The predicted molar refractivity (Wildman–Crippen MR) is 75.4 cm³/mol. The fourth-order valence-corrected chi connectivity index (χ4v) is 2.57. The summed E-state index contributed by atoms with van der Waals surface area (Å²) in [7, 11) is -1.52. The Morgan fingerprint density at radius 1 is 1.25 bits per heavy atom. The van der Waals surface area contributed by atoms with Crippen molar-refractivity contribution in [3.63, 3.8) is 0 Å². The SMILES string of the molecule is CC(CC=O)(N[S@](=O)C(C)(C)C)c1cccc(F)c1F. The molecule has 0 heterocycles. The summed E-state index contributed by atoms with van der Waals surface area (Å²) in [6, 6.07) is 3.74. The van der Waals surface area contributed by atoms with Crippen LogP contribution in [0.2, 0.25) is 0 Å². The lowest BCUT2D eigenvalue weighted by Gasteiger charge is -2.32. The molecule has 2 atom stereocenters. The number of carbonyl (C=O) groups is 1. The molecule has 0 amide bonds. The first-order valence-electron chi connectivity index (χ1n) is 6.19. The van der Waals surface area contributed by atoms with Crippen LogP contribution in [0.5, 0.6) is 0 Å². The zero-order valence-electron chi connectivity index (χ0n) is 12.0. The van der Waals surface area contributed by atoms with E-state index in [2.05, 4.69) is 4.72 Å². The van der Waals surface area contributed by atoms with Gasteiger partial charge in [-0.2, -0.15) is 0 Å². The predicted octanol–water partition coefficient (Wildman–Crippen LogP) is 2.82. The van der Waals surface area contributed by atoms with Crippen molar-refractivity contribution in [1.29, 1.82) is 0 Å². The molecule has 112 valence electrons. The van der Waals surface area contributed by atoms with E-state index in [1.54, 1.807) is 20.8 Å². The fourth-order valence-electron chi connectivity index (χ4n) is 1.66. The summed E-state index contributed by atoms with van der Waals surface area (Å²) in [5, 5.41) is 0. The first-order chi connectivity index (χ1) is 9.12. The topological polar surface area (TPSA) is 46.2 Å². The molecule has 0 saturated carbocycles. The molecule has 0 radical (unpaired) electrons. The first-order valence-corrected chi connectivity index (χ1v) is 7.34. The number of carbonyl (C=O) groups excluding carboxylic acids is 1. The zero-order chi connectivity index (χ0) is 15.6. The van der Waals surface area contributed by atoms with E-state index in [4.69, 9.17) is 0 Å². The van der Waals surface area contributed by atoms with Crippen LogP contribution in [0.1, 0.15) is 39.7 Å². The Morgan fingerprint density at radius 2 is 1.85 bits per heavy atom. The number of halogens is 2. The van der Waals surface area contributed by atoms with Gasteiger partial charge in [0.15, 0.2) is 11.6 Å². The number of nitrogens with one attached hydrogen (secondary N) is 1. The Morgan fingerprint density at radius 3 is 2.35 bits per heavy atom. The van der Waals surface area contributed by atoms with Crippen LogP contribution in [-0.4, -0.2) is 15.2 Å². The van der Waals surface area contributed by atoms with Gasteiger partial charge in [0.1, 0.15) is 6.29 Å². The van der Waals surface area contributed by atoms with Gasteiger partial charge in [-0.1, -0.05) is 12.1 Å². The molecule has 1 unspecified atom stereocenters. The standard InChI is InChI=1S/C14H19F2NO2S/c1-13(2,3)20(19)17-14(4,8-9-18)10-6-5-7-11(15)12(10)16/h5-7,9,17H,8H2,1-4H3/t14?,20-/m1/s1. The minimum Gasteiger partial charge on any atom is -0.303 e. The van der Waals surface area contributed by atoms with Crippen molar-refractivity contribution in [1.82, 2.24) is 4.72 Å². The summed E-state index contributed by atoms with van der Waals surface area (Å²) in [5.74, 6) is -2.03. The lowest BCUT2D eigenvalue weighted by Crippen LogP contribution is -2.47. The Bertz CT molecular complexity index is 528. The van der Waals surface area contributed by atoms with Gasteiger partial charge in [-0.3, -0.25) is 0 Å². The first kappa shape index (κ1) is 16.9. The maximum absolute atomic E-state index is 13.9. The zero-order valence-corrected chi connectivity index (χ0v) is 12.8. The van der Waals surface area contributed by atoms with Gasteiger partial charge >= 0.3 is 0 Å². The number of benzene rings is 1. The van der Waals surface area contributed by atoms with Crippen LogP contribution < -0.4 is 4.72 Å². The van der Waals surface area contributed by atoms with Gasteiger partial charge in [0.05, 0.1) is 21.3 Å². The molecule has 0 bridgehead atoms. The Hall–Kier alpha value is -1.14. The smallest absolute Gasteiger partial charge is 0.163 e. The highest BCUT2D eigenvalue weighted by atomic mass is 32.2. The Labute approximate surface area is 120 Å². The van der Waals surface area contributed by atoms with Crippen molar-refractivity contribution in [3.05, 3.63) is 35.4 Å². The van der Waals surface area contributed by atoms with E-state index >= 15 is 0 Å². The van der Waals surface area contributed by atoms with Gasteiger partial charge in [-0.15, -0.1) is 0 Å². The lowest BCUT2D eigenvalue weighted by molar-refractivity contribution is -0.108. The van der Waals surface area contributed by atoms with Crippen molar-refractivity contribution in [2.75, 3.05) is 0 Å². The molecule has 1 N–H and O–H groups in total. The second-order valence-electron chi connectivity index (χ2n) is 5.79. The maximum Gasteiger partial charge on any atom is 0.163 e. The molecular weight excluding hydrogens is 284 g/mol. The number of rotatable bonds is 5. The number of hydrogen-bond donors (Lipinski definition) is 1. The molecular formula is C14H19F2NO2S. The second kappa shape index (κ2) is 6.10. The molecule has 0 fully saturated rings. The van der Waals surface area contributed by atoms with Gasteiger partial charge in [0, 0.05) is 12.0 Å². The molecule has 0 aliphatic rings. The van der Waals surface area contributed by atoms with Crippen LogP contribution in [0.3, 0.4) is 0 Å². The van der Waals surface area contributed by atoms with E-state index in [9.17, 15) is 17.8 Å². The van der Waals surface area contributed by atoms with Gasteiger partial charge in [-0.25, -0.2) is 17.7 Å². The van der Waals surface area contributed by atoms with Crippen molar-refractivity contribution < 1.29 is 17.8 Å². The van der Waals surface area contributed by atoms with Crippen LogP contribution >= 0.6 is 0 Å². The summed E-state index contributed by atoms with van der Waals surface area (Å²) < 4.78 is 41.6. The van der Waals surface area contributed by atoms with Crippen LogP contribution in [0.4, 0.5) is 8.78 Å². The van der Waals surface area contributed by atoms with Crippen LogP contribution in [-0.2, 0) is 21.3 Å². The van der Waals surface area contributed by atoms with Gasteiger partial charge in [0.2, 0.25) is 0 Å². The lowest BCUT2D eigenvalue weighted by atomic mass is 9.90. The third-order valence-electron chi connectivity index (χ3n) is 2.91. The third-order valence-corrected chi connectivity index (χ3v) is 4.66. The van der Waals surface area contributed by atoms with E-state index in [0.29, 0.717) is 6.29 Å². The van der Waals surface area contributed by atoms with E-state index in [-0.39, 0.29) is 12.0 Å². The monoisotopic (exact) mass is 303 g/mol. The molecule has 3 nitrogen and oxygen atoms in total. The molecule has 1 aromatic rings. The van der Waals surface area contributed by atoms with Crippen molar-refractivity contribution in [2.24, 2.45) is 0 Å². The quantitative estimate of drug-likeness (QED) is 0.850. The highest BCUT2D eigenvalue weighted by Crippen LogP contribution is 2.29. The van der Waals surface area contributed by atoms with E-state index in [1.807, 2.05) is 0 Å². The molecule has 0 aliphatic heterocycles. The number of aldehydes is 1. The fraction of sp³-hybridized carbons (Fsp3) is 0.500. The van der Waals surface area contributed by atoms with Crippen molar-refractivity contribution in [3.8, 4) is 0 Å². The summed E-state index contributed by atoms with van der Waals surface area (Å²) in [6.07, 6.45) is 0.479. The van der Waals surface area contributed by atoms with E-state index in [1.165, 1.54) is 19.1 Å². The van der Waals surface area contributed by atoms with Gasteiger partial charge in [0.25, 0.3) is 0 Å². The van der Waals surface area contributed by atoms with E-state index < -0.39 is 32.9 Å². The molecule has 1 aromatic carbocycles. The molecule has 6 heteroatoms. The molecule has 1 rings (SSSR count). The van der Waals surface area contributed by atoms with Crippen LogP contribution in [0, 0.1) is 11.6 Å². The van der Waals surface area contributed by atoms with Crippen molar-refractivity contribution >= 4 is 17.3 Å². The van der Waals surface area contributed by atoms with E-state index in [0.717, 1.165) is 6.07 Å². The maximum atomic E-state index is 13.9. The normalized spacial score (nSPS) is 16.5. The minimum atomic E-state index is -1.52. The van der Waals surface area contributed by atoms with Gasteiger partial charge in [-0.05, 0) is 33.8 Å². The largest absolute Gasteiger partial charge is 0.303 e. The summed E-state index contributed by atoms with van der Waals surface area (Å²) >= 11 is 0. The third kappa shape index (κ3) is 3.70. The average molecular weight is 303 g/mol. The summed E-state index contributed by atoms with van der Waals surface area (Å²) in [5.41, 5.74) is -1.24. The van der Waals surface area contributed by atoms with Gasteiger partial charge < -0.3 is 4.79 Å². The number of hydrogen-bond acceptors (Lipinski definition) is 2. The highest BCUT2D eigenvalue weighted by Gasteiger charge is 2.35. The highest BCUT2D eigenvalue weighted by molar-refractivity contribution is 7.84. The van der Waals surface area contributed by atoms with Crippen LogP contribution in [0.15, 0.2) is 18.2 Å². The second-order valence-corrected chi connectivity index (χ2v) is 7.75. The van der Waals surface area contributed by atoms with Crippen LogP contribution in [0.25, 0.3) is 0 Å². The Balaban J connectivity index is 3.24. The Kier molecular flexibility index (Phi) is 5.15. The molecule has 0 aromatic heterocycles. The minimum absolute atomic E-state index is 0.0119. The molecule has 20 heavy (non-hydrogen) atoms.